The third-order valence-corrected chi connectivity index (χ3v) is 10.8. The number of nitrogens with zero attached hydrogens (tertiary/aromatic N) is 2. The van der Waals surface area contributed by atoms with Crippen LogP contribution in [0.1, 0.15) is 90.9 Å². The molecule has 0 fully saturated rings. The van der Waals surface area contributed by atoms with E-state index in [4.69, 9.17) is 0 Å². The molecule has 4 heterocycles. The largest absolute Gasteiger partial charge is 0.306 e. The van der Waals surface area contributed by atoms with E-state index < -0.39 is 0 Å². The van der Waals surface area contributed by atoms with Crippen molar-refractivity contribution in [2.75, 3.05) is 0 Å². The van der Waals surface area contributed by atoms with Crippen LogP contribution >= 0.6 is 54.5 Å². The van der Waals surface area contributed by atoms with Crippen molar-refractivity contribution in [2.45, 2.75) is 104 Å². The van der Waals surface area contributed by atoms with Crippen LogP contribution in [0.15, 0.2) is 53.6 Å². The van der Waals surface area contributed by atoms with E-state index in [-0.39, 0.29) is 11.1 Å². The van der Waals surface area contributed by atoms with Crippen molar-refractivity contribution in [3.8, 4) is 20.9 Å². The molecule has 0 atom stereocenters. The molecule has 0 amide bonds. The Labute approximate surface area is 262 Å². The highest BCUT2D eigenvalue weighted by molar-refractivity contribution is 9.11. The Hall–Kier alpha value is -1.48. The predicted molar refractivity (Wildman–Crippen MR) is 181 cm³/mol. The van der Waals surface area contributed by atoms with Gasteiger partial charge >= 0.3 is 0 Å². The highest BCUT2D eigenvalue weighted by Gasteiger charge is 2.19. The molecule has 0 saturated carbocycles. The molecule has 8 heteroatoms. The first-order valence-corrected chi connectivity index (χ1v) is 18.0. The van der Waals surface area contributed by atoms with E-state index in [0.29, 0.717) is 24.2 Å². The molecule has 4 rings (SSSR count). The van der Waals surface area contributed by atoms with Crippen LogP contribution in [0.25, 0.3) is 31.9 Å². The van der Waals surface area contributed by atoms with E-state index >= 15 is 0 Å². The molecule has 0 aromatic carbocycles. The lowest BCUT2D eigenvalue weighted by Gasteiger charge is -2.18. The fraction of sp³-hybridized carbons (Fsp3) is 0.500. The Kier molecular flexibility index (Phi) is 12.3. The smallest absolute Gasteiger partial charge is 0.259 e. The van der Waals surface area contributed by atoms with Crippen molar-refractivity contribution in [3.05, 3.63) is 64.7 Å². The maximum Gasteiger partial charge on any atom is 0.259 e. The third kappa shape index (κ3) is 7.87. The summed E-state index contributed by atoms with van der Waals surface area (Å²) in [5, 5.41) is 0. The van der Waals surface area contributed by atoms with Crippen molar-refractivity contribution in [1.29, 1.82) is 0 Å². The highest BCUT2D eigenvalue weighted by atomic mass is 79.9. The summed E-state index contributed by atoms with van der Waals surface area (Å²) in [4.78, 5) is 29.9. The van der Waals surface area contributed by atoms with Crippen LogP contribution in [0.3, 0.4) is 0 Å². The van der Waals surface area contributed by atoms with Gasteiger partial charge in [-0.3, -0.25) is 9.59 Å². The van der Waals surface area contributed by atoms with Gasteiger partial charge in [0.25, 0.3) is 11.1 Å². The summed E-state index contributed by atoms with van der Waals surface area (Å²) in [7, 11) is 0. The summed E-state index contributed by atoms with van der Waals surface area (Å²) in [6.07, 6.45) is 13.9. The molecular weight excluding hydrogens is 668 g/mol. The molecular formula is C32H40Br2N2O2S2. The molecule has 0 saturated heterocycles. The zero-order chi connectivity index (χ0) is 28.5. The lowest BCUT2D eigenvalue weighted by molar-refractivity contribution is 0.551. The zero-order valence-corrected chi connectivity index (χ0v) is 28.5. The molecule has 0 bridgehead atoms. The van der Waals surface area contributed by atoms with Gasteiger partial charge in [0, 0.05) is 22.8 Å². The molecule has 0 aliphatic carbocycles. The fourth-order valence-corrected chi connectivity index (χ4v) is 8.09. The second kappa shape index (κ2) is 15.7. The van der Waals surface area contributed by atoms with Crippen molar-refractivity contribution < 1.29 is 0 Å². The van der Waals surface area contributed by atoms with Crippen molar-refractivity contribution in [1.82, 2.24) is 9.13 Å². The van der Waals surface area contributed by atoms with Gasteiger partial charge < -0.3 is 9.13 Å². The topological polar surface area (TPSA) is 44.0 Å². The van der Waals surface area contributed by atoms with E-state index in [9.17, 15) is 9.59 Å². The molecule has 0 N–H and O–H groups in total. The van der Waals surface area contributed by atoms with Crippen LogP contribution in [0.2, 0.25) is 0 Å². The first-order valence-electron chi connectivity index (χ1n) is 14.8. The van der Waals surface area contributed by atoms with E-state index in [1.165, 1.54) is 51.4 Å². The van der Waals surface area contributed by atoms with E-state index in [0.717, 1.165) is 54.0 Å². The average Bonchev–Trinajstić information content (AvgIpc) is 3.57. The SMILES string of the molecule is CCCCCCCCn1c(=O)c(-c2ccc(Br)s2)cc2c1cc(-c1ccc(Br)s1)c(=O)n2CCCCCCCC. The molecule has 4 aromatic rings. The molecule has 0 unspecified atom stereocenters. The van der Waals surface area contributed by atoms with Gasteiger partial charge in [0.15, 0.2) is 0 Å². The van der Waals surface area contributed by atoms with Gasteiger partial charge in [-0.1, -0.05) is 78.1 Å². The number of aryl methyl sites for hydroxylation is 2. The molecule has 0 aliphatic heterocycles. The summed E-state index contributed by atoms with van der Waals surface area (Å²) in [6, 6.07) is 11.9. The highest BCUT2D eigenvalue weighted by Crippen LogP contribution is 2.34. The van der Waals surface area contributed by atoms with Crippen molar-refractivity contribution in [2.24, 2.45) is 0 Å². The quantitative estimate of drug-likeness (QED) is 0.109. The third-order valence-electron chi connectivity index (χ3n) is 7.51. The maximum absolute atomic E-state index is 14.0. The number of fused-ring (bicyclic) bond motifs is 1. The Morgan fingerprint density at radius 1 is 0.575 bits per heavy atom. The molecule has 4 nitrogen and oxygen atoms in total. The number of hydrogen-bond donors (Lipinski definition) is 0. The number of aromatic nitrogens is 2. The second-order valence-corrected chi connectivity index (χ2v) is 15.5. The van der Waals surface area contributed by atoms with Gasteiger partial charge in [0.2, 0.25) is 0 Å². The monoisotopic (exact) mass is 706 g/mol. The number of pyridine rings is 2. The number of hydrogen-bond acceptors (Lipinski definition) is 4. The van der Waals surface area contributed by atoms with Crippen molar-refractivity contribution >= 4 is 65.6 Å². The lowest BCUT2D eigenvalue weighted by atomic mass is 10.1. The molecule has 0 aliphatic rings. The minimum Gasteiger partial charge on any atom is -0.306 e. The summed E-state index contributed by atoms with van der Waals surface area (Å²) in [6.45, 7) is 5.78. The molecule has 40 heavy (non-hydrogen) atoms. The minimum atomic E-state index is 0.0264. The summed E-state index contributed by atoms with van der Waals surface area (Å²) < 4.78 is 5.88. The number of unbranched alkanes of at least 4 members (excludes halogenated alkanes) is 10. The van der Waals surface area contributed by atoms with Gasteiger partial charge in [-0.05, 0) is 81.1 Å². The molecule has 216 valence electrons. The van der Waals surface area contributed by atoms with Crippen LogP contribution in [-0.4, -0.2) is 9.13 Å². The van der Waals surface area contributed by atoms with Gasteiger partial charge in [-0.2, -0.15) is 0 Å². The Balaban J connectivity index is 1.82. The first-order chi connectivity index (χ1) is 19.4. The number of rotatable bonds is 16. The number of thiophene rings is 2. The van der Waals surface area contributed by atoms with Crippen LogP contribution in [0.4, 0.5) is 0 Å². The van der Waals surface area contributed by atoms with E-state index in [2.05, 4.69) is 45.7 Å². The molecule has 4 aromatic heterocycles. The van der Waals surface area contributed by atoms with Gasteiger partial charge in [0.05, 0.1) is 29.7 Å². The lowest BCUT2D eigenvalue weighted by Crippen LogP contribution is -2.28. The summed E-state index contributed by atoms with van der Waals surface area (Å²) in [5.74, 6) is 0. The van der Waals surface area contributed by atoms with Crippen LogP contribution in [-0.2, 0) is 13.1 Å². The van der Waals surface area contributed by atoms with Gasteiger partial charge in [0.1, 0.15) is 0 Å². The predicted octanol–water partition coefficient (Wildman–Crippen LogP) is 10.9. The van der Waals surface area contributed by atoms with E-state index in [1.807, 2.05) is 45.5 Å². The molecule has 0 spiro atoms. The zero-order valence-electron chi connectivity index (χ0n) is 23.6. The van der Waals surface area contributed by atoms with Crippen molar-refractivity contribution in [3.63, 3.8) is 0 Å². The Morgan fingerprint density at radius 2 is 0.950 bits per heavy atom. The Morgan fingerprint density at radius 3 is 1.30 bits per heavy atom. The number of halogens is 2. The average molecular weight is 709 g/mol. The van der Waals surface area contributed by atoms with E-state index in [1.54, 1.807) is 22.7 Å². The summed E-state index contributed by atoms with van der Waals surface area (Å²) >= 11 is 10.3. The van der Waals surface area contributed by atoms with Crippen LogP contribution in [0.5, 0.6) is 0 Å². The normalized spacial score (nSPS) is 11.6. The van der Waals surface area contributed by atoms with Crippen LogP contribution in [0, 0.1) is 0 Å². The molecule has 0 radical (unpaired) electrons. The maximum atomic E-state index is 14.0. The Bertz CT molecular complexity index is 1400. The minimum absolute atomic E-state index is 0.0264. The summed E-state index contributed by atoms with van der Waals surface area (Å²) in [5.41, 5.74) is 3.14. The second-order valence-electron chi connectivity index (χ2n) is 10.5. The standard InChI is InChI=1S/C32H40Br2N2O2S2/c1-3-5-7-9-11-13-19-35-25-21-24(28-16-18-30(34)40-28)32(38)36(20-14-12-10-8-6-4-2)26(25)22-23(31(35)37)27-15-17-29(33)39-27/h15-18,21-22H,3-14,19-20H2,1-2H3. The first kappa shape index (κ1) is 31.5. The van der Waals surface area contributed by atoms with Gasteiger partial charge in [-0.15, -0.1) is 22.7 Å². The van der Waals surface area contributed by atoms with Gasteiger partial charge in [-0.25, -0.2) is 0 Å². The fourth-order valence-electron chi connectivity index (χ4n) is 5.30. The van der Waals surface area contributed by atoms with Crippen LogP contribution < -0.4 is 11.1 Å².